The molecule has 168 valence electrons. The van der Waals surface area contributed by atoms with E-state index in [1.165, 1.54) is 31.4 Å². The topological polar surface area (TPSA) is 50.7 Å². The Morgan fingerprint density at radius 2 is 1.67 bits per heavy atom. The van der Waals surface area contributed by atoms with E-state index >= 15 is 0 Å². The van der Waals surface area contributed by atoms with Crippen molar-refractivity contribution >= 4 is 11.5 Å². The normalized spacial score (nSPS) is 47.5. The summed E-state index contributed by atoms with van der Waals surface area (Å²) in [7, 11) is 0. The van der Waals surface area contributed by atoms with E-state index in [1.54, 1.807) is 0 Å². The van der Waals surface area contributed by atoms with Crippen molar-refractivity contribution in [2.75, 3.05) is 13.1 Å². The number of rotatable bonds is 2. The molecule has 4 saturated carbocycles. The number of nitrogens with one attached hydrogen (secondary N) is 1. The fourth-order valence-electron chi connectivity index (χ4n) is 8.89. The molecule has 5 fully saturated rings. The summed E-state index contributed by atoms with van der Waals surface area (Å²) in [6, 6.07) is 0. The third-order valence-corrected chi connectivity index (χ3v) is 10.7. The van der Waals surface area contributed by atoms with E-state index in [0.29, 0.717) is 23.0 Å². The van der Waals surface area contributed by atoms with Crippen LogP contribution in [0.3, 0.4) is 0 Å². The van der Waals surface area contributed by atoms with Gasteiger partial charge in [0.25, 0.3) is 0 Å². The van der Waals surface area contributed by atoms with Gasteiger partial charge in [-0.25, -0.2) is 0 Å². The van der Waals surface area contributed by atoms with E-state index in [1.807, 2.05) is 0 Å². The molecule has 5 rings (SSSR count). The third kappa shape index (κ3) is 3.03. The van der Waals surface area contributed by atoms with E-state index in [4.69, 9.17) is 9.99 Å². The summed E-state index contributed by atoms with van der Waals surface area (Å²) in [4.78, 5) is 18.8. The van der Waals surface area contributed by atoms with Crippen molar-refractivity contribution in [2.45, 2.75) is 98.0 Å². The van der Waals surface area contributed by atoms with Gasteiger partial charge in [0.15, 0.2) is 0 Å². The molecule has 6 atom stereocenters. The predicted molar refractivity (Wildman–Crippen MR) is 120 cm³/mol. The minimum absolute atomic E-state index is 0.0101. The number of hydrogen-bond donors (Lipinski definition) is 1. The molecule has 1 saturated heterocycles. The zero-order valence-corrected chi connectivity index (χ0v) is 19.6. The minimum Gasteiger partial charge on any atom is -0.392 e. The lowest BCUT2D eigenvalue weighted by Gasteiger charge is -2.63. The number of oxime groups is 1. The smallest absolute Gasteiger partial charge is 0.139 e. The number of hydrogen-bond acceptors (Lipinski definition) is 4. The van der Waals surface area contributed by atoms with Gasteiger partial charge in [-0.3, -0.25) is 4.79 Å². The summed E-state index contributed by atoms with van der Waals surface area (Å²) < 4.78 is 0. The molecule has 0 amide bonds. The SMILES string of the molecule is CC1(C)/C(=N/OC2CCNCC2)CC[C@@]2(C)C1CC[C@@H]1[C@@H]2CC[C@]2(C)C(=O)CC[C@@H]12. The van der Waals surface area contributed by atoms with Crippen molar-refractivity contribution in [2.24, 2.45) is 45.1 Å². The lowest BCUT2D eigenvalue weighted by molar-refractivity contribution is -0.141. The highest BCUT2D eigenvalue weighted by Crippen LogP contribution is 2.67. The molecule has 0 aromatic rings. The standard InChI is InChI=1S/C26H42N2O2/c1-24(2)21-7-5-18-19-6-8-23(29)26(19,4)13-9-20(18)25(21,3)14-10-22(24)28-30-17-11-15-27-16-12-17/h17-21,27H,5-16H2,1-4H3/b28-22+/t18-,19-,20-,21?,25+,26-/m0/s1. The monoisotopic (exact) mass is 414 g/mol. The van der Waals surface area contributed by atoms with Crippen LogP contribution < -0.4 is 5.32 Å². The van der Waals surface area contributed by atoms with Gasteiger partial charge in [0, 0.05) is 17.3 Å². The maximum absolute atomic E-state index is 12.7. The Hall–Kier alpha value is -0.900. The van der Waals surface area contributed by atoms with Gasteiger partial charge >= 0.3 is 0 Å². The van der Waals surface area contributed by atoms with Gasteiger partial charge < -0.3 is 10.2 Å². The first-order valence-electron chi connectivity index (χ1n) is 12.7. The predicted octanol–water partition coefficient (Wildman–Crippen LogP) is 5.36. The Morgan fingerprint density at radius 1 is 0.900 bits per heavy atom. The molecule has 1 heterocycles. The second-order valence-electron chi connectivity index (χ2n) is 12.2. The fourth-order valence-corrected chi connectivity index (χ4v) is 8.89. The molecular weight excluding hydrogens is 372 g/mol. The highest BCUT2D eigenvalue weighted by atomic mass is 16.6. The van der Waals surface area contributed by atoms with Gasteiger partial charge in [-0.15, -0.1) is 0 Å². The average molecular weight is 415 g/mol. The van der Waals surface area contributed by atoms with E-state index in [2.05, 4.69) is 33.0 Å². The van der Waals surface area contributed by atoms with Crippen molar-refractivity contribution in [1.82, 2.24) is 5.32 Å². The van der Waals surface area contributed by atoms with E-state index in [0.717, 1.165) is 63.5 Å². The van der Waals surface area contributed by atoms with Gasteiger partial charge in [0.1, 0.15) is 11.9 Å². The Balaban J connectivity index is 1.36. The minimum atomic E-state index is -0.0101. The fraction of sp³-hybridized carbons (Fsp3) is 0.923. The summed E-state index contributed by atoms with van der Waals surface area (Å²) >= 11 is 0. The molecule has 0 aromatic carbocycles. The molecule has 1 N–H and O–H groups in total. The highest BCUT2D eigenvalue weighted by molar-refractivity contribution is 5.90. The highest BCUT2D eigenvalue weighted by Gasteiger charge is 2.62. The zero-order valence-electron chi connectivity index (χ0n) is 19.6. The van der Waals surface area contributed by atoms with Crippen molar-refractivity contribution in [3.63, 3.8) is 0 Å². The van der Waals surface area contributed by atoms with Crippen molar-refractivity contribution in [1.29, 1.82) is 0 Å². The lowest BCUT2D eigenvalue weighted by Crippen LogP contribution is -2.58. The Labute approximate surface area is 183 Å². The van der Waals surface area contributed by atoms with Crippen LogP contribution in [0, 0.1) is 39.9 Å². The average Bonchev–Trinajstić information content (AvgIpc) is 3.03. The van der Waals surface area contributed by atoms with Crippen molar-refractivity contribution in [3.8, 4) is 0 Å². The second-order valence-corrected chi connectivity index (χ2v) is 12.2. The number of fused-ring (bicyclic) bond motifs is 5. The third-order valence-electron chi connectivity index (χ3n) is 10.7. The zero-order chi connectivity index (χ0) is 21.1. The maximum Gasteiger partial charge on any atom is 0.139 e. The molecule has 4 heteroatoms. The molecule has 4 aliphatic carbocycles. The molecule has 5 aliphatic rings. The summed E-state index contributed by atoms with van der Waals surface area (Å²) in [5, 5.41) is 8.21. The van der Waals surface area contributed by atoms with Gasteiger partial charge in [-0.1, -0.05) is 32.9 Å². The van der Waals surface area contributed by atoms with Crippen molar-refractivity contribution in [3.05, 3.63) is 0 Å². The van der Waals surface area contributed by atoms with Crippen LogP contribution in [0.15, 0.2) is 5.16 Å². The van der Waals surface area contributed by atoms with Gasteiger partial charge in [0.05, 0.1) is 5.71 Å². The van der Waals surface area contributed by atoms with Crippen LogP contribution in [0.25, 0.3) is 0 Å². The number of carbonyl (C=O) groups is 1. The summed E-state index contributed by atoms with van der Waals surface area (Å²) in [5.41, 5.74) is 1.78. The number of piperidine rings is 1. The molecule has 1 aliphatic heterocycles. The Morgan fingerprint density at radius 3 is 2.43 bits per heavy atom. The second kappa shape index (κ2) is 7.32. The molecule has 30 heavy (non-hydrogen) atoms. The van der Waals surface area contributed by atoms with E-state index < -0.39 is 0 Å². The number of Topliss-reactive ketones (excluding diaryl/α,β-unsaturated/α-hetero) is 1. The molecule has 0 radical (unpaired) electrons. The molecule has 0 bridgehead atoms. The molecule has 1 unspecified atom stereocenters. The largest absolute Gasteiger partial charge is 0.392 e. The Kier molecular flexibility index (Phi) is 5.12. The van der Waals surface area contributed by atoms with Crippen LogP contribution in [0.2, 0.25) is 0 Å². The first kappa shape index (κ1) is 21.0. The summed E-state index contributed by atoms with van der Waals surface area (Å²) in [6.07, 6.45) is 11.7. The van der Waals surface area contributed by atoms with Gasteiger partial charge in [-0.2, -0.15) is 0 Å². The quantitative estimate of drug-likeness (QED) is 0.619. The van der Waals surface area contributed by atoms with Gasteiger partial charge in [0.2, 0.25) is 0 Å². The van der Waals surface area contributed by atoms with Crippen molar-refractivity contribution < 1.29 is 9.63 Å². The van der Waals surface area contributed by atoms with Crippen LogP contribution in [0.5, 0.6) is 0 Å². The van der Waals surface area contributed by atoms with Crippen LogP contribution >= 0.6 is 0 Å². The number of ketones is 1. The molecule has 0 aromatic heterocycles. The first-order valence-corrected chi connectivity index (χ1v) is 12.7. The maximum atomic E-state index is 12.7. The van der Waals surface area contributed by atoms with Crippen LogP contribution in [0.4, 0.5) is 0 Å². The van der Waals surface area contributed by atoms with Crippen LogP contribution in [0.1, 0.15) is 91.9 Å². The van der Waals surface area contributed by atoms with Crippen LogP contribution in [-0.2, 0) is 9.63 Å². The Bertz CT molecular complexity index is 725. The summed E-state index contributed by atoms with van der Waals surface area (Å²) in [6.45, 7) is 11.9. The number of carbonyl (C=O) groups excluding carboxylic acids is 1. The number of nitrogens with zero attached hydrogens (tertiary/aromatic N) is 1. The summed E-state index contributed by atoms with van der Waals surface area (Å²) in [5.74, 6) is 3.43. The van der Waals surface area contributed by atoms with Gasteiger partial charge in [-0.05, 0) is 100.0 Å². The molecule has 0 spiro atoms. The van der Waals surface area contributed by atoms with E-state index in [-0.39, 0.29) is 16.9 Å². The first-order chi connectivity index (χ1) is 14.3. The van der Waals surface area contributed by atoms with E-state index in [9.17, 15) is 4.79 Å². The van der Waals surface area contributed by atoms with Crippen LogP contribution in [-0.4, -0.2) is 30.7 Å². The molecular formula is C26H42N2O2. The lowest BCUT2D eigenvalue weighted by atomic mass is 9.41. The molecule has 4 nitrogen and oxygen atoms in total.